The fraction of sp³-hybridized carbons (Fsp3) is 0.440. The van der Waals surface area contributed by atoms with Gasteiger partial charge in [0.25, 0.3) is 0 Å². The van der Waals surface area contributed by atoms with Crippen LogP contribution in [0.25, 0.3) is 6.08 Å². The monoisotopic (exact) mass is 389 g/mol. The number of rotatable bonds is 7. The largest absolute Gasteiger partial charge is 0.347 e. The van der Waals surface area contributed by atoms with E-state index >= 15 is 0 Å². The van der Waals surface area contributed by atoms with Crippen LogP contribution in [0, 0.1) is 11.8 Å². The summed E-state index contributed by atoms with van der Waals surface area (Å²) in [5.41, 5.74) is 3.65. The molecule has 2 heterocycles. The highest BCUT2D eigenvalue weighted by atomic mass is 16.2. The Morgan fingerprint density at radius 1 is 1.10 bits per heavy atom. The Balaban J connectivity index is 1.36. The van der Waals surface area contributed by atoms with Gasteiger partial charge in [0.1, 0.15) is 0 Å². The number of piperidine rings is 1. The number of aromatic nitrogens is 1. The molecule has 1 N–H and O–H groups in total. The van der Waals surface area contributed by atoms with Crippen molar-refractivity contribution in [2.24, 2.45) is 11.8 Å². The number of carbonyl (C=O) groups is 1. The summed E-state index contributed by atoms with van der Waals surface area (Å²) in [6, 6.07) is 16.6. The van der Waals surface area contributed by atoms with Crippen molar-refractivity contribution in [2.45, 2.75) is 38.6 Å². The van der Waals surface area contributed by atoms with E-state index in [0.29, 0.717) is 5.92 Å². The highest BCUT2D eigenvalue weighted by Gasteiger charge is 2.35. The van der Waals surface area contributed by atoms with Gasteiger partial charge in [-0.15, -0.1) is 0 Å². The molecule has 1 aliphatic carbocycles. The first-order valence-electron chi connectivity index (χ1n) is 10.8. The fourth-order valence-corrected chi connectivity index (χ4v) is 4.29. The molecule has 4 rings (SSSR count). The molecule has 1 aliphatic heterocycles. The second-order valence-electron chi connectivity index (χ2n) is 8.53. The Hall–Kier alpha value is -2.46. The van der Waals surface area contributed by atoms with Gasteiger partial charge in [-0.05, 0) is 69.3 Å². The average Bonchev–Trinajstić information content (AvgIpc) is 3.59. The van der Waals surface area contributed by atoms with Crippen molar-refractivity contribution in [2.75, 3.05) is 19.6 Å². The SMILES string of the molecule is C/C(=C\c1ccccc1)CN1CCC([C@@H](NC(=O)C2CC2)c2ccccn2)CC1. The molecule has 4 nitrogen and oxygen atoms in total. The zero-order chi connectivity index (χ0) is 20.1. The molecule has 152 valence electrons. The molecule has 2 fully saturated rings. The Bertz CT molecular complexity index is 822. The van der Waals surface area contributed by atoms with Crippen LogP contribution in [0.15, 0.2) is 60.3 Å². The summed E-state index contributed by atoms with van der Waals surface area (Å²) in [4.78, 5) is 19.6. The Morgan fingerprint density at radius 3 is 2.48 bits per heavy atom. The Kier molecular flexibility index (Phi) is 6.40. The van der Waals surface area contributed by atoms with Gasteiger partial charge in [0, 0.05) is 18.7 Å². The van der Waals surface area contributed by atoms with Crippen molar-refractivity contribution < 1.29 is 4.79 Å². The van der Waals surface area contributed by atoms with E-state index in [-0.39, 0.29) is 17.9 Å². The Morgan fingerprint density at radius 2 is 1.83 bits per heavy atom. The topological polar surface area (TPSA) is 45.2 Å². The molecule has 1 aromatic heterocycles. The average molecular weight is 390 g/mol. The molecule has 0 unspecified atom stereocenters. The predicted octanol–water partition coefficient (Wildman–Crippen LogP) is 4.46. The van der Waals surface area contributed by atoms with E-state index in [4.69, 9.17) is 0 Å². The lowest BCUT2D eigenvalue weighted by atomic mass is 9.87. The number of hydrogen-bond donors (Lipinski definition) is 1. The summed E-state index contributed by atoms with van der Waals surface area (Å²) in [5, 5.41) is 3.32. The normalized spacial score (nSPS) is 19.7. The molecule has 4 heteroatoms. The molecule has 0 bridgehead atoms. The number of benzene rings is 1. The van der Waals surface area contributed by atoms with Gasteiger partial charge in [-0.25, -0.2) is 0 Å². The summed E-state index contributed by atoms with van der Waals surface area (Å²) in [5.74, 6) is 0.888. The highest BCUT2D eigenvalue weighted by Crippen LogP contribution is 2.34. The van der Waals surface area contributed by atoms with Gasteiger partial charge in [0.05, 0.1) is 11.7 Å². The van der Waals surface area contributed by atoms with Crippen LogP contribution in [0.3, 0.4) is 0 Å². The number of pyridine rings is 1. The lowest BCUT2D eigenvalue weighted by molar-refractivity contribution is -0.123. The van der Waals surface area contributed by atoms with Gasteiger partial charge >= 0.3 is 0 Å². The van der Waals surface area contributed by atoms with E-state index in [1.807, 2.05) is 18.3 Å². The second-order valence-corrected chi connectivity index (χ2v) is 8.53. The third-order valence-corrected chi connectivity index (χ3v) is 6.04. The molecule has 1 atom stereocenters. The summed E-state index contributed by atoms with van der Waals surface area (Å²) in [6.45, 7) is 5.34. The van der Waals surface area contributed by atoms with Crippen molar-refractivity contribution in [3.63, 3.8) is 0 Å². The standard InChI is InChI=1S/C25H31N3O/c1-19(17-20-7-3-2-4-8-20)18-28-15-12-21(13-16-28)24(23-9-5-6-14-26-23)27-25(29)22-10-11-22/h2-9,14,17,21-22,24H,10-13,15-16,18H2,1H3,(H,27,29)/b19-17+/t24-/m1/s1. The van der Waals surface area contributed by atoms with Gasteiger partial charge in [-0.1, -0.05) is 48.0 Å². The van der Waals surface area contributed by atoms with Gasteiger partial charge < -0.3 is 5.32 Å². The number of nitrogens with zero attached hydrogens (tertiary/aromatic N) is 2. The maximum atomic E-state index is 12.5. The Labute approximate surface area is 174 Å². The van der Waals surface area contributed by atoms with Crippen LogP contribution >= 0.6 is 0 Å². The van der Waals surface area contributed by atoms with Gasteiger partial charge in [0.2, 0.25) is 5.91 Å². The predicted molar refractivity (Wildman–Crippen MR) is 117 cm³/mol. The molecule has 29 heavy (non-hydrogen) atoms. The van der Waals surface area contributed by atoms with Crippen LogP contribution in [-0.2, 0) is 4.79 Å². The molecular weight excluding hydrogens is 358 g/mol. The lowest BCUT2D eigenvalue weighted by Crippen LogP contribution is -2.41. The first kappa shape index (κ1) is 19.8. The van der Waals surface area contributed by atoms with Crippen molar-refractivity contribution in [1.82, 2.24) is 15.2 Å². The van der Waals surface area contributed by atoms with Crippen molar-refractivity contribution in [3.05, 3.63) is 71.6 Å². The highest BCUT2D eigenvalue weighted by molar-refractivity contribution is 5.81. The van der Waals surface area contributed by atoms with Crippen LogP contribution in [0.2, 0.25) is 0 Å². The zero-order valence-electron chi connectivity index (χ0n) is 17.3. The van der Waals surface area contributed by atoms with E-state index < -0.39 is 0 Å². The lowest BCUT2D eigenvalue weighted by Gasteiger charge is -2.36. The molecule has 1 saturated carbocycles. The van der Waals surface area contributed by atoms with Crippen LogP contribution in [0.4, 0.5) is 0 Å². The molecule has 2 aliphatic rings. The summed E-state index contributed by atoms with van der Waals surface area (Å²) in [6.07, 6.45) is 8.35. The van der Waals surface area contributed by atoms with Crippen LogP contribution in [0.5, 0.6) is 0 Å². The number of hydrogen-bond acceptors (Lipinski definition) is 3. The summed E-state index contributed by atoms with van der Waals surface area (Å²) in [7, 11) is 0. The third-order valence-electron chi connectivity index (χ3n) is 6.04. The van der Waals surface area contributed by atoms with Gasteiger partial charge in [-0.3, -0.25) is 14.7 Å². The second kappa shape index (κ2) is 9.36. The molecule has 0 radical (unpaired) electrons. The van der Waals surface area contributed by atoms with Crippen molar-refractivity contribution >= 4 is 12.0 Å². The van der Waals surface area contributed by atoms with Crippen molar-refractivity contribution in [3.8, 4) is 0 Å². The van der Waals surface area contributed by atoms with E-state index in [1.54, 1.807) is 0 Å². The van der Waals surface area contributed by atoms with Gasteiger partial charge in [0.15, 0.2) is 0 Å². The fourth-order valence-electron chi connectivity index (χ4n) is 4.29. The number of carbonyl (C=O) groups excluding carboxylic acids is 1. The van der Waals surface area contributed by atoms with Crippen LogP contribution < -0.4 is 5.32 Å². The number of nitrogens with one attached hydrogen (secondary N) is 1. The molecule has 1 saturated heterocycles. The van der Waals surface area contributed by atoms with E-state index in [1.165, 1.54) is 11.1 Å². The van der Waals surface area contributed by atoms with E-state index in [2.05, 4.69) is 64.6 Å². The minimum Gasteiger partial charge on any atom is -0.347 e. The van der Waals surface area contributed by atoms with E-state index in [9.17, 15) is 4.79 Å². The third kappa shape index (κ3) is 5.54. The molecule has 1 amide bonds. The van der Waals surface area contributed by atoms with Crippen LogP contribution in [0.1, 0.15) is 49.9 Å². The summed E-state index contributed by atoms with van der Waals surface area (Å²) >= 11 is 0. The molecule has 2 aromatic rings. The number of amides is 1. The first-order valence-corrected chi connectivity index (χ1v) is 10.8. The summed E-state index contributed by atoms with van der Waals surface area (Å²) < 4.78 is 0. The number of likely N-dealkylation sites (tertiary alicyclic amines) is 1. The van der Waals surface area contributed by atoms with E-state index in [0.717, 1.165) is 51.0 Å². The molecule has 0 spiro atoms. The quantitative estimate of drug-likeness (QED) is 0.760. The first-order chi connectivity index (χ1) is 14.2. The maximum Gasteiger partial charge on any atom is 0.223 e. The van der Waals surface area contributed by atoms with Gasteiger partial charge in [-0.2, -0.15) is 0 Å². The zero-order valence-corrected chi connectivity index (χ0v) is 17.3. The molecule has 1 aromatic carbocycles. The molecular formula is C25H31N3O. The minimum atomic E-state index is 0.0346. The minimum absolute atomic E-state index is 0.0346. The van der Waals surface area contributed by atoms with Crippen molar-refractivity contribution in [1.29, 1.82) is 0 Å². The smallest absolute Gasteiger partial charge is 0.223 e. The maximum absolute atomic E-state index is 12.5. The van der Waals surface area contributed by atoms with Crippen LogP contribution in [-0.4, -0.2) is 35.4 Å².